The number of primary amides is 1. The Morgan fingerprint density at radius 2 is 1.65 bits per heavy atom. The molecule has 0 spiro atoms. The van der Waals surface area contributed by atoms with Gasteiger partial charge in [-0.2, -0.15) is 12.6 Å². The standard InChI is InChI=1S/C31H42N4O4S/c1-19(2)26(27(40)28(32)36)34-30(38)25-13-8-16-35(25)31(39)24(17-20-9-4-3-5-10-20)33-29(37)23-15-14-21-11-6-7-12-22(21)18-23/h6-7,11-12,14-15,18-20,24-27,40H,3-5,8-10,13,16-17H2,1-2H3,(H2,32,36)(H,33,37)(H,34,38)/t24-,25+,26?,27?/m1/s1. The van der Waals surface area contributed by atoms with Crippen LogP contribution in [0.15, 0.2) is 42.5 Å². The predicted molar refractivity (Wildman–Crippen MR) is 160 cm³/mol. The monoisotopic (exact) mass is 566 g/mol. The van der Waals surface area contributed by atoms with E-state index in [0.29, 0.717) is 37.3 Å². The average Bonchev–Trinajstić information content (AvgIpc) is 3.45. The molecule has 4 N–H and O–H groups in total. The number of nitrogens with two attached hydrogens (primary N) is 1. The fourth-order valence-electron chi connectivity index (χ4n) is 6.10. The maximum Gasteiger partial charge on any atom is 0.251 e. The summed E-state index contributed by atoms with van der Waals surface area (Å²) < 4.78 is 0. The van der Waals surface area contributed by atoms with Crippen LogP contribution >= 0.6 is 12.6 Å². The van der Waals surface area contributed by atoms with Crippen molar-refractivity contribution in [3.8, 4) is 0 Å². The normalized spacial score (nSPS) is 20.2. The van der Waals surface area contributed by atoms with E-state index >= 15 is 0 Å². The summed E-state index contributed by atoms with van der Waals surface area (Å²) in [6, 6.07) is 11.4. The number of hydrogen-bond acceptors (Lipinski definition) is 5. The second kappa shape index (κ2) is 13.5. The number of likely N-dealkylation sites (tertiary alicyclic amines) is 1. The van der Waals surface area contributed by atoms with Gasteiger partial charge in [-0.3, -0.25) is 19.2 Å². The predicted octanol–water partition coefficient (Wildman–Crippen LogP) is 3.82. The smallest absolute Gasteiger partial charge is 0.251 e. The van der Waals surface area contributed by atoms with E-state index in [1.807, 2.05) is 50.2 Å². The van der Waals surface area contributed by atoms with Gasteiger partial charge in [0.2, 0.25) is 17.7 Å². The zero-order valence-corrected chi connectivity index (χ0v) is 24.4. The van der Waals surface area contributed by atoms with Crippen molar-refractivity contribution < 1.29 is 19.2 Å². The van der Waals surface area contributed by atoms with Gasteiger partial charge in [-0.1, -0.05) is 76.3 Å². The van der Waals surface area contributed by atoms with Crippen molar-refractivity contribution in [1.29, 1.82) is 0 Å². The SMILES string of the molecule is CC(C)C(NC(=O)[C@@H]1CCCN1C(=O)[C@@H](CC1CCCCC1)NC(=O)c1ccc2ccccc2c1)C(S)C(N)=O. The Bertz CT molecular complexity index is 1230. The highest BCUT2D eigenvalue weighted by Gasteiger charge is 2.40. The lowest BCUT2D eigenvalue weighted by molar-refractivity contribution is -0.140. The van der Waals surface area contributed by atoms with Crippen LogP contribution in [0, 0.1) is 11.8 Å². The van der Waals surface area contributed by atoms with Crippen LogP contribution < -0.4 is 16.4 Å². The molecule has 4 rings (SSSR count). The molecule has 1 saturated carbocycles. The summed E-state index contributed by atoms with van der Waals surface area (Å²) in [7, 11) is 0. The van der Waals surface area contributed by atoms with E-state index in [2.05, 4.69) is 23.3 Å². The third kappa shape index (κ3) is 7.16. The molecule has 2 aromatic carbocycles. The first-order valence-electron chi connectivity index (χ1n) is 14.5. The molecular formula is C31H42N4O4S. The van der Waals surface area contributed by atoms with Gasteiger partial charge in [0.1, 0.15) is 17.3 Å². The highest BCUT2D eigenvalue weighted by Crippen LogP contribution is 2.29. The molecule has 1 heterocycles. The molecule has 2 fully saturated rings. The molecule has 216 valence electrons. The molecule has 0 radical (unpaired) electrons. The fraction of sp³-hybridized carbons (Fsp3) is 0.548. The molecule has 1 aliphatic carbocycles. The number of hydrogen-bond donors (Lipinski definition) is 4. The van der Waals surface area contributed by atoms with Gasteiger partial charge >= 0.3 is 0 Å². The van der Waals surface area contributed by atoms with Crippen LogP contribution in [0.1, 0.15) is 75.6 Å². The van der Waals surface area contributed by atoms with E-state index in [-0.39, 0.29) is 23.6 Å². The molecule has 2 aromatic rings. The van der Waals surface area contributed by atoms with Gasteiger partial charge in [-0.05, 0) is 54.0 Å². The van der Waals surface area contributed by atoms with E-state index in [9.17, 15) is 19.2 Å². The van der Waals surface area contributed by atoms with Gasteiger partial charge in [0.15, 0.2) is 0 Å². The van der Waals surface area contributed by atoms with E-state index < -0.39 is 29.3 Å². The maximum absolute atomic E-state index is 14.0. The van der Waals surface area contributed by atoms with Crippen LogP contribution in [-0.2, 0) is 14.4 Å². The highest BCUT2D eigenvalue weighted by molar-refractivity contribution is 7.81. The molecular weight excluding hydrogens is 524 g/mol. The number of fused-ring (bicyclic) bond motifs is 1. The van der Waals surface area contributed by atoms with Crippen LogP contribution in [0.3, 0.4) is 0 Å². The lowest BCUT2D eigenvalue weighted by Crippen LogP contribution is -2.57. The fourth-order valence-corrected chi connectivity index (χ4v) is 6.52. The Balaban J connectivity index is 1.52. The molecule has 9 heteroatoms. The molecule has 2 unspecified atom stereocenters. The third-order valence-electron chi connectivity index (χ3n) is 8.41. The van der Waals surface area contributed by atoms with Gasteiger partial charge in [-0.15, -0.1) is 0 Å². The van der Waals surface area contributed by atoms with E-state index in [1.54, 1.807) is 11.0 Å². The Morgan fingerprint density at radius 3 is 2.33 bits per heavy atom. The van der Waals surface area contributed by atoms with Crippen LogP contribution in [0.4, 0.5) is 0 Å². The summed E-state index contributed by atoms with van der Waals surface area (Å²) >= 11 is 4.32. The topological polar surface area (TPSA) is 122 Å². The molecule has 0 bridgehead atoms. The van der Waals surface area contributed by atoms with Crippen LogP contribution in [0.5, 0.6) is 0 Å². The third-order valence-corrected chi connectivity index (χ3v) is 8.98. The van der Waals surface area contributed by atoms with E-state index in [1.165, 1.54) is 6.42 Å². The van der Waals surface area contributed by atoms with Gasteiger partial charge in [0.25, 0.3) is 5.91 Å². The molecule has 1 saturated heterocycles. The molecule has 2 aliphatic rings. The Hall–Kier alpha value is -3.07. The number of benzene rings is 2. The number of nitrogens with zero attached hydrogens (tertiary/aromatic N) is 1. The average molecular weight is 567 g/mol. The van der Waals surface area contributed by atoms with Crippen LogP contribution in [0.25, 0.3) is 10.8 Å². The lowest BCUT2D eigenvalue weighted by atomic mass is 9.84. The van der Waals surface area contributed by atoms with Gasteiger partial charge in [-0.25, -0.2) is 0 Å². The summed E-state index contributed by atoms with van der Waals surface area (Å²) in [5.74, 6) is -1.17. The quantitative estimate of drug-likeness (QED) is 0.327. The number of amides is 4. The first-order chi connectivity index (χ1) is 19.2. The molecule has 4 amide bonds. The minimum atomic E-state index is -0.838. The lowest BCUT2D eigenvalue weighted by Gasteiger charge is -2.33. The van der Waals surface area contributed by atoms with Crippen molar-refractivity contribution in [3.63, 3.8) is 0 Å². The summed E-state index contributed by atoms with van der Waals surface area (Å²) in [5.41, 5.74) is 5.96. The number of carbonyl (C=O) groups excluding carboxylic acids is 4. The van der Waals surface area contributed by atoms with Crippen LogP contribution in [-0.4, -0.2) is 58.4 Å². The largest absolute Gasteiger partial charge is 0.369 e. The second-order valence-corrected chi connectivity index (χ2v) is 12.2. The zero-order valence-electron chi connectivity index (χ0n) is 23.5. The van der Waals surface area contributed by atoms with Crippen molar-refractivity contribution in [2.24, 2.45) is 17.6 Å². The first kappa shape index (κ1) is 29.9. The highest BCUT2D eigenvalue weighted by atomic mass is 32.1. The molecule has 1 aliphatic heterocycles. The summed E-state index contributed by atoms with van der Waals surface area (Å²) in [5, 5.41) is 7.13. The van der Waals surface area contributed by atoms with E-state index in [4.69, 9.17) is 5.73 Å². The summed E-state index contributed by atoms with van der Waals surface area (Å²) in [4.78, 5) is 54.2. The second-order valence-electron chi connectivity index (χ2n) is 11.6. The van der Waals surface area contributed by atoms with Gasteiger partial charge in [0.05, 0.1) is 6.04 Å². The number of nitrogens with one attached hydrogen (secondary N) is 2. The van der Waals surface area contributed by atoms with Crippen LogP contribution in [0.2, 0.25) is 0 Å². The van der Waals surface area contributed by atoms with Crippen molar-refractivity contribution in [2.75, 3.05) is 6.54 Å². The molecule has 8 nitrogen and oxygen atoms in total. The molecule has 4 atom stereocenters. The van der Waals surface area contributed by atoms with Crippen molar-refractivity contribution in [2.45, 2.75) is 88.6 Å². The molecule has 40 heavy (non-hydrogen) atoms. The zero-order chi connectivity index (χ0) is 28.8. The van der Waals surface area contributed by atoms with E-state index in [0.717, 1.165) is 36.5 Å². The Morgan fingerprint density at radius 1 is 0.950 bits per heavy atom. The van der Waals surface area contributed by atoms with Gasteiger partial charge in [0, 0.05) is 12.1 Å². The van der Waals surface area contributed by atoms with Crippen molar-refractivity contribution in [1.82, 2.24) is 15.5 Å². The van der Waals surface area contributed by atoms with Crippen molar-refractivity contribution in [3.05, 3.63) is 48.0 Å². The Labute approximate surface area is 242 Å². The number of rotatable bonds is 10. The number of carbonyl (C=O) groups is 4. The summed E-state index contributed by atoms with van der Waals surface area (Å²) in [6.07, 6.45) is 7.27. The summed E-state index contributed by atoms with van der Waals surface area (Å²) in [6.45, 7) is 4.21. The molecule has 0 aromatic heterocycles. The minimum absolute atomic E-state index is 0.0789. The van der Waals surface area contributed by atoms with Crippen molar-refractivity contribution >= 4 is 47.0 Å². The first-order valence-corrected chi connectivity index (χ1v) is 15.0. The Kier molecular flexibility index (Phi) is 10.1. The minimum Gasteiger partial charge on any atom is -0.369 e. The number of thiol groups is 1. The maximum atomic E-state index is 14.0. The van der Waals surface area contributed by atoms with Gasteiger partial charge < -0.3 is 21.3 Å².